The summed E-state index contributed by atoms with van der Waals surface area (Å²) in [6, 6.07) is 0. The van der Waals surface area contributed by atoms with Gasteiger partial charge in [-0.3, -0.25) is 0 Å². The summed E-state index contributed by atoms with van der Waals surface area (Å²) in [7, 11) is 0. The van der Waals surface area contributed by atoms with Gasteiger partial charge in [0.25, 0.3) is 0 Å². The van der Waals surface area contributed by atoms with Gasteiger partial charge in [0, 0.05) is 0 Å². The number of allylic oxidation sites excluding steroid dienone is 2. The van der Waals surface area contributed by atoms with Crippen LogP contribution in [0.5, 0.6) is 0 Å². The van der Waals surface area contributed by atoms with E-state index in [1.807, 2.05) is 0 Å². The van der Waals surface area contributed by atoms with Crippen molar-refractivity contribution in [3.8, 4) is 0 Å². The molecule has 4 heteroatoms. The molecule has 0 spiro atoms. The predicted molar refractivity (Wildman–Crippen MR) is 80.2 cm³/mol. The van der Waals surface area contributed by atoms with Crippen LogP contribution in [0.15, 0.2) is 11.1 Å². The van der Waals surface area contributed by atoms with Gasteiger partial charge in [-0.1, -0.05) is 11.1 Å². The topological polar surface area (TPSA) is 104 Å². The highest BCUT2D eigenvalue weighted by molar-refractivity contribution is 5.15. The van der Waals surface area contributed by atoms with Crippen LogP contribution < -0.4 is 22.9 Å². The van der Waals surface area contributed by atoms with E-state index in [0.717, 1.165) is 77.5 Å². The highest BCUT2D eigenvalue weighted by Crippen LogP contribution is 2.24. The van der Waals surface area contributed by atoms with E-state index >= 15 is 0 Å². The second-order valence-electron chi connectivity index (χ2n) is 4.78. The van der Waals surface area contributed by atoms with Crippen molar-refractivity contribution >= 4 is 0 Å². The van der Waals surface area contributed by atoms with Crippen molar-refractivity contribution in [3.63, 3.8) is 0 Å². The van der Waals surface area contributed by atoms with E-state index in [1.165, 1.54) is 0 Å². The van der Waals surface area contributed by atoms with Gasteiger partial charge in [-0.2, -0.15) is 0 Å². The molecular weight excluding hydrogens is 224 g/mol. The SMILES string of the molecule is NCCCC(CCCN)=C(CCCN)CCCN. The van der Waals surface area contributed by atoms with Gasteiger partial charge >= 0.3 is 0 Å². The molecule has 0 fully saturated rings. The quantitative estimate of drug-likeness (QED) is 0.394. The molecule has 0 aromatic rings. The zero-order chi connectivity index (χ0) is 13.6. The number of nitrogens with two attached hydrogens (primary N) is 4. The molecule has 0 rings (SSSR count). The van der Waals surface area contributed by atoms with Gasteiger partial charge in [0.05, 0.1) is 0 Å². The summed E-state index contributed by atoms with van der Waals surface area (Å²) in [5, 5.41) is 0. The largest absolute Gasteiger partial charge is 0.330 e. The normalized spacial score (nSPS) is 10.7. The second kappa shape index (κ2) is 13.0. The maximum atomic E-state index is 5.62. The molecule has 8 N–H and O–H groups in total. The smallest absolute Gasteiger partial charge is 0.00742 e. The molecule has 0 aliphatic carbocycles. The van der Waals surface area contributed by atoms with Crippen LogP contribution >= 0.6 is 0 Å². The van der Waals surface area contributed by atoms with Crippen LogP contribution in [-0.2, 0) is 0 Å². The molecule has 0 radical (unpaired) electrons. The van der Waals surface area contributed by atoms with Gasteiger partial charge in [-0.15, -0.1) is 0 Å². The van der Waals surface area contributed by atoms with E-state index in [0.29, 0.717) is 0 Å². The van der Waals surface area contributed by atoms with Gasteiger partial charge in [0.15, 0.2) is 0 Å². The third-order valence-electron chi connectivity index (χ3n) is 3.23. The summed E-state index contributed by atoms with van der Waals surface area (Å²) in [6.07, 6.45) is 8.70. The lowest BCUT2D eigenvalue weighted by molar-refractivity contribution is 0.680. The molecule has 0 heterocycles. The summed E-state index contributed by atoms with van der Waals surface area (Å²) in [4.78, 5) is 0. The number of hydrogen-bond acceptors (Lipinski definition) is 4. The Labute approximate surface area is 112 Å². The van der Waals surface area contributed by atoms with E-state index in [1.54, 1.807) is 11.1 Å². The molecule has 18 heavy (non-hydrogen) atoms. The average Bonchev–Trinajstić information content (AvgIpc) is 2.40. The summed E-state index contributed by atoms with van der Waals surface area (Å²) in [5.41, 5.74) is 25.6. The molecular formula is C14H32N4. The maximum Gasteiger partial charge on any atom is -0.00742 e. The molecule has 0 bridgehead atoms. The summed E-state index contributed by atoms with van der Waals surface area (Å²) in [6.45, 7) is 3.03. The van der Waals surface area contributed by atoms with E-state index in [4.69, 9.17) is 22.9 Å². The van der Waals surface area contributed by atoms with Crippen molar-refractivity contribution in [1.29, 1.82) is 0 Å². The lowest BCUT2D eigenvalue weighted by Gasteiger charge is -2.15. The van der Waals surface area contributed by atoms with Gasteiger partial charge in [0.1, 0.15) is 0 Å². The molecule has 108 valence electrons. The van der Waals surface area contributed by atoms with Crippen molar-refractivity contribution in [3.05, 3.63) is 11.1 Å². The summed E-state index contributed by atoms with van der Waals surface area (Å²) < 4.78 is 0. The first-order chi connectivity index (χ1) is 8.79. The molecule has 0 saturated heterocycles. The molecule has 0 amide bonds. The second-order valence-corrected chi connectivity index (χ2v) is 4.78. The first-order valence-corrected chi connectivity index (χ1v) is 7.30. The monoisotopic (exact) mass is 256 g/mol. The fourth-order valence-electron chi connectivity index (χ4n) is 2.22. The van der Waals surface area contributed by atoms with Crippen molar-refractivity contribution in [1.82, 2.24) is 0 Å². The van der Waals surface area contributed by atoms with E-state index in [-0.39, 0.29) is 0 Å². The molecule has 0 saturated carbocycles. The van der Waals surface area contributed by atoms with Crippen molar-refractivity contribution in [2.75, 3.05) is 26.2 Å². The molecule has 0 aliphatic heterocycles. The lowest BCUT2D eigenvalue weighted by Crippen LogP contribution is -2.07. The van der Waals surface area contributed by atoms with E-state index < -0.39 is 0 Å². The molecule has 4 nitrogen and oxygen atoms in total. The van der Waals surface area contributed by atoms with Crippen LogP contribution in [0, 0.1) is 0 Å². The minimum Gasteiger partial charge on any atom is -0.330 e. The van der Waals surface area contributed by atoms with Crippen LogP contribution in [0.25, 0.3) is 0 Å². The Hall–Kier alpha value is -0.420. The first-order valence-electron chi connectivity index (χ1n) is 7.30. The standard InChI is InChI=1S/C14H32N4/c15-9-1-5-13(6-2-10-16)14(7-3-11-17)8-4-12-18/h1-12,15-18H2. The van der Waals surface area contributed by atoms with Crippen LogP contribution in [-0.4, -0.2) is 26.2 Å². The van der Waals surface area contributed by atoms with E-state index in [9.17, 15) is 0 Å². The van der Waals surface area contributed by atoms with Crippen LogP contribution in [0.3, 0.4) is 0 Å². The van der Waals surface area contributed by atoms with Gasteiger partial charge in [-0.05, 0) is 77.5 Å². The summed E-state index contributed by atoms with van der Waals surface area (Å²) >= 11 is 0. The Bertz CT molecular complexity index is 172. The van der Waals surface area contributed by atoms with Crippen molar-refractivity contribution in [2.45, 2.75) is 51.4 Å². The third-order valence-corrected chi connectivity index (χ3v) is 3.23. The zero-order valence-corrected chi connectivity index (χ0v) is 11.8. The Balaban J connectivity index is 4.59. The Morgan fingerprint density at radius 3 is 0.833 bits per heavy atom. The maximum absolute atomic E-state index is 5.62. The summed E-state index contributed by atoms with van der Waals surface area (Å²) in [5.74, 6) is 0. The minimum atomic E-state index is 0.757. The van der Waals surface area contributed by atoms with Crippen molar-refractivity contribution < 1.29 is 0 Å². The van der Waals surface area contributed by atoms with Gasteiger partial charge in [0.2, 0.25) is 0 Å². The fraction of sp³-hybridized carbons (Fsp3) is 0.857. The minimum absolute atomic E-state index is 0.757. The molecule has 0 unspecified atom stereocenters. The average molecular weight is 256 g/mol. The Morgan fingerprint density at radius 2 is 0.667 bits per heavy atom. The van der Waals surface area contributed by atoms with E-state index in [2.05, 4.69) is 0 Å². The van der Waals surface area contributed by atoms with Crippen LogP contribution in [0.4, 0.5) is 0 Å². The molecule has 0 atom stereocenters. The molecule has 0 aromatic heterocycles. The van der Waals surface area contributed by atoms with Gasteiger partial charge < -0.3 is 22.9 Å². The Kier molecular flexibility index (Phi) is 12.7. The number of hydrogen-bond donors (Lipinski definition) is 4. The highest BCUT2D eigenvalue weighted by atomic mass is 14.5. The number of rotatable bonds is 12. The first kappa shape index (κ1) is 17.6. The van der Waals surface area contributed by atoms with Crippen LogP contribution in [0.2, 0.25) is 0 Å². The molecule has 0 aromatic carbocycles. The Morgan fingerprint density at radius 1 is 0.444 bits per heavy atom. The fourth-order valence-corrected chi connectivity index (χ4v) is 2.22. The predicted octanol–water partition coefficient (Wildman–Crippen LogP) is 1.24. The van der Waals surface area contributed by atoms with Crippen molar-refractivity contribution in [2.24, 2.45) is 22.9 Å². The third kappa shape index (κ3) is 8.64. The van der Waals surface area contributed by atoms with Crippen LogP contribution in [0.1, 0.15) is 51.4 Å². The zero-order valence-electron chi connectivity index (χ0n) is 11.8. The molecule has 0 aliphatic rings. The highest BCUT2D eigenvalue weighted by Gasteiger charge is 2.06. The van der Waals surface area contributed by atoms with Gasteiger partial charge in [-0.25, -0.2) is 0 Å². The lowest BCUT2D eigenvalue weighted by atomic mass is 9.92.